The molecule has 1 aromatic carbocycles. The van der Waals surface area contributed by atoms with Gasteiger partial charge >= 0.3 is 5.97 Å². The highest BCUT2D eigenvalue weighted by atomic mass is 16.4. The Morgan fingerprint density at radius 3 is 2.90 bits per heavy atom. The summed E-state index contributed by atoms with van der Waals surface area (Å²) in [6, 6.07) is 7.01. The minimum absolute atomic E-state index is 0.175. The van der Waals surface area contributed by atoms with E-state index in [0.717, 1.165) is 17.6 Å². The van der Waals surface area contributed by atoms with Gasteiger partial charge in [-0.25, -0.2) is 9.48 Å². The Bertz CT molecular complexity index is 774. The first-order chi connectivity index (χ1) is 9.66. The number of fused-ring (bicyclic) bond motifs is 1. The summed E-state index contributed by atoms with van der Waals surface area (Å²) in [5.74, 6) is -0.991. The van der Waals surface area contributed by atoms with Gasteiger partial charge in [-0.15, -0.1) is 5.10 Å². The maximum Gasteiger partial charge on any atom is 0.338 e. The van der Waals surface area contributed by atoms with Gasteiger partial charge in [-0.3, -0.25) is 4.68 Å². The molecule has 7 heteroatoms. The van der Waals surface area contributed by atoms with Crippen LogP contribution < -0.4 is 0 Å². The lowest BCUT2D eigenvalue weighted by Crippen LogP contribution is -2.07. The Balaban J connectivity index is 1.91. The van der Waals surface area contributed by atoms with Crippen molar-refractivity contribution < 1.29 is 9.90 Å². The second-order valence-corrected chi connectivity index (χ2v) is 4.49. The first kappa shape index (κ1) is 12.3. The summed E-state index contributed by atoms with van der Waals surface area (Å²) < 4.78 is 3.52. The van der Waals surface area contributed by atoms with Crippen LogP contribution in [0.5, 0.6) is 0 Å². The number of hydrogen-bond acceptors (Lipinski definition) is 4. The number of carbonyl (C=O) groups is 1. The number of aromatic carboxylic acids is 1. The van der Waals surface area contributed by atoms with Crippen LogP contribution in [0.15, 0.2) is 30.5 Å². The van der Waals surface area contributed by atoms with Gasteiger partial charge in [0.25, 0.3) is 0 Å². The summed E-state index contributed by atoms with van der Waals surface area (Å²) >= 11 is 0. The number of aryl methyl sites for hydroxylation is 3. The highest BCUT2D eigenvalue weighted by Crippen LogP contribution is 2.16. The van der Waals surface area contributed by atoms with Crippen molar-refractivity contribution in [3.05, 3.63) is 41.7 Å². The summed E-state index contributed by atoms with van der Waals surface area (Å²) in [6.07, 6.45) is 2.50. The minimum Gasteiger partial charge on any atom is -0.478 e. The van der Waals surface area contributed by atoms with Crippen molar-refractivity contribution in [1.82, 2.24) is 24.8 Å². The average Bonchev–Trinajstić information content (AvgIpc) is 3.02. The fourth-order valence-electron chi connectivity index (χ4n) is 2.20. The average molecular weight is 271 g/mol. The first-order valence-electron chi connectivity index (χ1n) is 6.19. The monoisotopic (exact) mass is 271 g/mol. The lowest BCUT2D eigenvalue weighted by molar-refractivity contribution is 0.0699. The van der Waals surface area contributed by atoms with Crippen molar-refractivity contribution in [3.63, 3.8) is 0 Å². The van der Waals surface area contributed by atoms with E-state index < -0.39 is 5.97 Å². The molecule has 0 aliphatic rings. The summed E-state index contributed by atoms with van der Waals surface area (Å²) in [6.45, 7) is 0.624. The normalized spacial score (nSPS) is 11.1. The number of aromatic nitrogens is 5. The van der Waals surface area contributed by atoms with Crippen LogP contribution in [0.4, 0.5) is 0 Å². The predicted octanol–water partition coefficient (Wildman–Crippen LogP) is 1.11. The maximum atomic E-state index is 11.1. The molecule has 0 bridgehead atoms. The van der Waals surface area contributed by atoms with Gasteiger partial charge in [-0.2, -0.15) is 5.10 Å². The minimum atomic E-state index is -0.991. The van der Waals surface area contributed by atoms with Crippen LogP contribution in [0.25, 0.3) is 11.0 Å². The van der Waals surface area contributed by atoms with Crippen molar-refractivity contribution in [2.45, 2.75) is 13.0 Å². The molecule has 0 unspecified atom stereocenters. The largest absolute Gasteiger partial charge is 0.478 e. The van der Waals surface area contributed by atoms with E-state index in [1.54, 1.807) is 16.9 Å². The van der Waals surface area contributed by atoms with E-state index in [-0.39, 0.29) is 5.56 Å². The molecule has 0 aliphatic heterocycles. The van der Waals surface area contributed by atoms with Crippen LogP contribution in [0.1, 0.15) is 16.1 Å². The number of carboxylic acid groups (broad SMARTS) is 1. The molecule has 2 heterocycles. The van der Waals surface area contributed by atoms with E-state index in [9.17, 15) is 4.79 Å². The van der Waals surface area contributed by atoms with Gasteiger partial charge in [0.15, 0.2) is 0 Å². The third-order valence-electron chi connectivity index (χ3n) is 3.28. The van der Waals surface area contributed by atoms with E-state index in [2.05, 4.69) is 15.4 Å². The molecule has 0 saturated heterocycles. The van der Waals surface area contributed by atoms with E-state index in [1.165, 1.54) is 6.07 Å². The Morgan fingerprint density at radius 2 is 2.20 bits per heavy atom. The summed E-state index contributed by atoms with van der Waals surface area (Å²) in [7, 11) is 1.89. The molecule has 0 aliphatic carbocycles. The Labute approximate surface area is 114 Å². The lowest BCUT2D eigenvalue weighted by atomic mass is 10.2. The van der Waals surface area contributed by atoms with Gasteiger partial charge in [-0.1, -0.05) is 11.3 Å². The van der Waals surface area contributed by atoms with Crippen LogP contribution in [-0.4, -0.2) is 35.9 Å². The quantitative estimate of drug-likeness (QED) is 0.768. The van der Waals surface area contributed by atoms with Gasteiger partial charge in [-0.05, 0) is 18.2 Å². The topological polar surface area (TPSA) is 85.8 Å². The van der Waals surface area contributed by atoms with Crippen molar-refractivity contribution in [2.24, 2.45) is 7.05 Å². The lowest BCUT2D eigenvalue weighted by Gasteiger charge is -2.03. The molecular formula is C13H13N5O2. The smallest absolute Gasteiger partial charge is 0.338 e. The van der Waals surface area contributed by atoms with E-state index in [4.69, 9.17) is 5.11 Å². The number of rotatable bonds is 4. The molecule has 2 aromatic heterocycles. The van der Waals surface area contributed by atoms with E-state index >= 15 is 0 Å². The second-order valence-electron chi connectivity index (χ2n) is 4.49. The Kier molecular flexibility index (Phi) is 2.94. The molecule has 0 atom stereocenters. The summed E-state index contributed by atoms with van der Waals surface area (Å²) in [5.41, 5.74) is 2.41. The molecule has 102 valence electrons. The first-order valence-corrected chi connectivity index (χ1v) is 6.19. The van der Waals surface area contributed by atoms with Crippen LogP contribution >= 0.6 is 0 Å². The third kappa shape index (κ3) is 2.03. The van der Waals surface area contributed by atoms with Crippen molar-refractivity contribution in [3.8, 4) is 0 Å². The molecule has 1 N–H and O–H groups in total. The van der Waals surface area contributed by atoms with E-state index in [1.807, 2.05) is 23.9 Å². The van der Waals surface area contributed by atoms with E-state index in [0.29, 0.717) is 12.1 Å². The van der Waals surface area contributed by atoms with Gasteiger partial charge < -0.3 is 5.11 Å². The van der Waals surface area contributed by atoms with Crippen LogP contribution in [-0.2, 0) is 20.0 Å². The highest BCUT2D eigenvalue weighted by molar-refractivity contribution is 6.00. The van der Waals surface area contributed by atoms with Gasteiger partial charge in [0, 0.05) is 31.9 Å². The zero-order valence-electron chi connectivity index (χ0n) is 10.9. The maximum absolute atomic E-state index is 11.1. The molecule has 0 amide bonds. The van der Waals surface area contributed by atoms with Crippen molar-refractivity contribution in [2.75, 3.05) is 0 Å². The molecule has 7 nitrogen and oxygen atoms in total. The van der Waals surface area contributed by atoms with Crippen LogP contribution in [0.3, 0.4) is 0 Å². The standard InChI is InChI=1S/C13H13N5O2/c1-17-9(5-7-14-17)6-8-18-11-4-2-3-10(13(19)20)12(11)15-16-18/h2-5,7H,6,8H2,1H3,(H,19,20). The van der Waals surface area contributed by atoms with Crippen LogP contribution in [0.2, 0.25) is 0 Å². The molecule has 3 rings (SSSR count). The summed E-state index contributed by atoms with van der Waals surface area (Å²) in [4.78, 5) is 11.1. The zero-order chi connectivity index (χ0) is 14.1. The van der Waals surface area contributed by atoms with Crippen molar-refractivity contribution in [1.29, 1.82) is 0 Å². The molecule has 3 aromatic rings. The molecule has 0 radical (unpaired) electrons. The number of nitrogens with zero attached hydrogens (tertiary/aromatic N) is 5. The van der Waals surface area contributed by atoms with Gasteiger partial charge in [0.1, 0.15) is 5.52 Å². The Morgan fingerprint density at radius 1 is 1.35 bits per heavy atom. The predicted molar refractivity (Wildman–Crippen MR) is 71.4 cm³/mol. The molecule has 0 fully saturated rings. The van der Waals surface area contributed by atoms with Crippen LogP contribution in [0, 0.1) is 0 Å². The highest BCUT2D eigenvalue weighted by Gasteiger charge is 2.13. The Hall–Kier alpha value is -2.70. The molecule has 0 spiro atoms. The number of carboxylic acids is 1. The number of hydrogen-bond donors (Lipinski definition) is 1. The third-order valence-corrected chi connectivity index (χ3v) is 3.28. The second kappa shape index (κ2) is 4.76. The fraction of sp³-hybridized carbons (Fsp3) is 0.231. The summed E-state index contributed by atoms with van der Waals surface area (Å²) in [5, 5.41) is 21.2. The number of benzene rings is 1. The SMILES string of the molecule is Cn1nccc1CCn1nnc2c(C(=O)O)cccc21. The fourth-order valence-corrected chi connectivity index (χ4v) is 2.20. The van der Waals surface area contributed by atoms with Gasteiger partial charge in [0.05, 0.1) is 11.1 Å². The van der Waals surface area contributed by atoms with Gasteiger partial charge in [0.2, 0.25) is 0 Å². The van der Waals surface area contributed by atoms with Crippen molar-refractivity contribution >= 4 is 17.0 Å². The zero-order valence-corrected chi connectivity index (χ0v) is 10.9. The molecule has 20 heavy (non-hydrogen) atoms. The molecular weight excluding hydrogens is 258 g/mol. The molecule has 0 saturated carbocycles.